The van der Waals surface area contributed by atoms with Crippen LogP contribution in [-0.4, -0.2) is 36.5 Å². The number of ether oxygens (including phenoxy) is 3. The molecule has 0 spiro atoms. The first-order valence-electron chi connectivity index (χ1n) is 14.4. The van der Waals surface area contributed by atoms with E-state index in [4.69, 9.17) is 14.2 Å². The van der Waals surface area contributed by atoms with Gasteiger partial charge in [0.15, 0.2) is 16.3 Å². The third kappa shape index (κ3) is 6.13. The van der Waals surface area contributed by atoms with Gasteiger partial charge in [0.05, 0.1) is 36.6 Å². The molecule has 0 fully saturated rings. The lowest BCUT2D eigenvalue weighted by atomic mass is 9.78. The van der Waals surface area contributed by atoms with E-state index >= 15 is 0 Å². The monoisotopic (exact) mass is 606 g/mol. The van der Waals surface area contributed by atoms with Crippen molar-refractivity contribution in [3.63, 3.8) is 0 Å². The molecule has 8 nitrogen and oxygen atoms in total. The third-order valence-corrected chi connectivity index (χ3v) is 8.43. The maximum Gasteiger partial charge on any atom is 0.338 e. The van der Waals surface area contributed by atoms with E-state index < -0.39 is 12.0 Å². The molecule has 1 aliphatic rings. The Balaban J connectivity index is 2.04. The summed E-state index contributed by atoms with van der Waals surface area (Å²) in [6.45, 7) is 16.5. The van der Waals surface area contributed by atoms with Crippen molar-refractivity contribution in [3.05, 3.63) is 83.5 Å². The number of nitrogens with zero attached hydrogens (tertiary/aromatic N) is 2. The second-order valence-corrected chi connectivity index (χ2v) is 13.8. The van der Waals surface area contributed by atoms with Gasteiger partial charge >= 0.3 is 5.97 Å². The van der Waals surface area contributed by atoms with E-state index in [9.17, 15) is 14.7 Å². The highest BCUT2D eigenvalue weighted by molar-refractivity contribution is 7.07. The number of phenols is 1. The van der Waals surface area contributed by atoms with E-state index in [-0.39, 0.29) is 27.7 Å². The van der Waals surface area contributed by atoms with E-state index in [0.29, 0.717) is 38.7 Å². The predicted octanol–water partition coefficient (Wildman–Crippen LogP) is 5.51. The number of hydrogen-bond donors (Lipinski definition) is 1. The number of fused-ring (bicyclic) bond motifs is 1. The molecule has 0 radical (unpaired) electrons. The number of allylic oxidation sites excluding steroid dienone is 1. The van der Waals surface area contributed by atoms with Crippen molar-refractivity contribution >= 4 is 23.4 Å². The van der Waals surface area contributed by atoms with Crippen molar-refractivity contribution in [1.82, 2.24) is 4.57 Å². The van der Waals surface area contributed by atoms with E-state index in [1.807, 2.05) is 37.3 Å². The molecule has 0 unspecified atom stereocenters. The number of hydrogen-bond acceptors (Lipinski definition) is 8. The third-order valence-electron chi connectivity index (χ3n) is 7.45. The fourth-order valence-corrected chi connectivity index (χ4v) is 6.34. The van der Waals surface area contributed by atoms with Crippen LogP contribution in [0.4, 0.5) is 0 Å². The average Bonchev–Trinajstić information content (AvgIpc) is 3.23. The lowest BCUT2D eigenvalue weighted by Gasteiger charge is -2.27. The Bertz CT molecular complexity index is 1730. The van der Waals surface area contributed by atoms with E-state index in [2.05, 4.69) is 46.5 Å². The fraction of sp³-hybridized carbons (Fsp3) is 0.441. The second kappa shape index (κ2) is 12.0. The lowest BCUT2D eigenvalue weighted by molar-refractivity contribution is -0.136. The van der Waals surface area contributed by atoms with Crippen LogP contribution in [-0.2, 0) is 20.4 Å². The number of methoxy groups -OCH3 is 2. The number of aromatic hydroxyl groups is 1. The van der Waals surface area contributed by atoms with Crippen LogP contribution in [0.2, 0.25) is 0 Å². The molecule has 230 valence electrons. The number of esters is 1. The van der Waals surface area contributed by atoms with Crippen molar-refractivity contribution in [1.29, 1.82) is 0 Å². The normalized spacial score (nSPS) is 15.7. The van der Waals surface area contributed by atoms with Gasteiger partial charge in [0, 0.05) is 16.7 Å². The molecule has 43 heavy (non-hydrogen) atoms. The number of aromatic nitrogens is 1. The molecule has 0 aliphatic carbocycles. The van der Waals surface area contributed by atoms with Crippen LogP contribution in [0.5, 0.6) is 17.2 Å². The van der Waals surface area contributed by atoms with Gasteiger partial charge in [-0.3, -0.25) is 9.36 Å². The largest absolute Gasteiger partial charge is 0.507 e. The number of phenolic OH excluding ortho intramolecular Hbond substituents is 1. The van der Waals surface area contributed by atoms with Crippen LogP contribution in [0.25, 0.3) is 6.08 Å². The number of carbonyl (C=O) groups is 1. The molecule has 3 aromatic rings. The van der Waals surface area contributed by atoms with Gasteiger partial charge in [-0.05, 0) is 54.0 Å². The Labute approximate surface area is 257 Å². The Morgan fingerprint density at radius 1 is 1.09 bits per heavy atom. The smallest absolute Gasteiger partial charge is 0.338 e. The molecule has 1 aliphatic heterocycles. The molecule has 1 atom stereocenters. The molecule has 1 aromatic heterocycles. The Hall–Kier alpha value is -3.85. The lowest BCUT2D eigenvalue weighted by Crippen LogP contribution is -2.40. The van der Waals surface area contributed by atoms with Gasteiger partial charge < -0.3 is 19.3 Å². The minimum Gasteiger partial charge on any atom is -0.507 e. The second-order valence-electron chi connectivity index (χ2n) is 12.8. The summed E-state index contributed by atoms with van der Waals surface area (Å²) in [6.07, 6.45) is 2.60. The summed E-state index contributed by atoms with van der Waals surface area (Å²) in [4.78, 5) is 32.6. The van der Waals surface area contributed by atoms with Crippen molar-refractivity contribution in [2.24, 2.45) is 4.99 Å². The van der Waals surface area contributed by atoms with Crippen LogP contribution in [0.1, 0.15) is 90.1 Å². The first-order chi connectivity index (χ1) is 20.1. The summed E-state index contributed by atoms with van der Waals surface area (Å²) < 4.78 is 18.9. The number of benzene rings is 2. The quantitative estimate of drug-likeness (QED) is 0.357. The number of rotatable bonds is 7. The van der Waals surface area contributed by atoms with Crippen LogP contribution < -0.4 is 24.4 Å². The molecular formula is C34H42N2O6S. The number of carbonyl (C=O) groups excluding carboxylic acids is 1. The molecule has 0 bridgehead atoms. The standard InChI is InChI=1S/C34H42N2O6S/c1-11-15-42-29-21(13-12-14-24(29)40-9)27-26(31(39)41-10)19(2)35-32-36(27)30(38)25(43-32)18-20-16-22(33(3,4)5)28(37)23(17-20)34(6,7)8/h12-14,16-18,27,37H,11,15H2,1-10H3/t27-/m1/s1. The molecular weight excluding hydrogens is 564 g/mol. The van der Waals surface area contributed by atoms with Crippen molar-refractivity contribution < 1.29 is 24.1 Å². The van der Waals surface area contributed by atoms with Crippen molar-refractivity contribution in [2.45, 2.75) is 78.7 Å². The Kier molecular flexibility index (Phi) is 8.97. The zero-order valence-electron chi connectivity index (χ0n) is 26.7. The van der Waals surface area contributed by atoms with Gasteiger partial charge in [-0.25, -0.2) is 9.79 Å². The van der Waals surface area contributed by atoms with E-state index in [1.54, 1.807) is 24.7 Å². The molecule has 4 rings (SSSR count). The number of thiazole rings is 1. The maximum atomic E-state index is 14.3. The molecule has 9 heteroatoms. The first kappa shape index (κ1) is 32.1. The summed E-state index contributed by atoms with van der Waals surface area (Å²) in [7, 11) is 2.87. The molecule has 2 heterocycles. The summed E-state index contributed by atoms with van der Waals surface area (Å²) in [5, 5.41) is 11.2. The number of para-hydroxylation sites is 1. The van der Waals surface area contributed by atoms with Gasteiger partial charge in [0.2, 0.25) is 0 Å². The minimum atomic E-state index is -0.845. The van der Waals surface area contributed by atoms with Crippen LogP contribution in [0.15, 0.2) is 51.4 Å². The summed E-state index contributed by atoms with van der Waals surface area (Å²) in [5.74, 6) is 0.661. The molecule has 0 saturated carbocycles. The zero-order valence-corrected chi connectivity index (χ0v) is 27.6. The fourth-order valence-electron chi connectivity index (χ4n) is 5.29. The highest BCUT2D eigenvalue weighted by atomic mass is 32.1. The predicted molar refractivity (Wildman–Crippen MR) is 170 cm³/mol. The van der Waals surface area contributed by atoms with Gasteiger partial charge in [-0.2, -0.15) is 0 Å². The van der Waals surface area contributed by atoms with Gasteiger partial charge in [0.25, 0.3) is 5.56 Å². The van der Waals surface area contributed by atoms with Gasteiger partial charge in [-0.15, -0.1) is 0 Å². The summed E-state index contributed by atoms with van der Waals surface area (Å²) in [5.41, 5.74) is 2.77. The SMILES string of the molecule is CCCOc1c(OC)cccc1[C@@H]1C(C(=O)OC)=C(C)N=c2sc(=Cc3cc(C(C)(C)C)c(O)c(C(C)(C)C)c3)c(=O)n21. The summed E-state index contributed by atoms with van der Waals surface area (Å²) >= 11 is 1.25. The van der Waals surface area contributed by atoms with Crippen LogP contribution in [0, 0.1) is 0 Å². The minimum absolute atomic E-state index is 0.255. The highest BCUT2D eigenvalue weighted by Crippen LogP contribution is 2.42. The molecule has 1 N–H and O–H groups in total. The van der Waals surface area contributed by atoms with Crippen molar-refractivity contribution in [3.8, 4) is 17.2 Å². The van der Waals surface area contributed by atoms with Crippen LogP contribution in [0.3, 0.4) is 0 Å². The first-order valence-corrected chi connectivity index (χ1v) is 15.2. The molecule has 0 amide bonds. The Morgan fingerprint density at radius 2 is 1.72 bits per heavy atom. The van der Waals surface area contributed by atoms with Crippen molar-refractivity contribution in [2.75, 3.05) is 20.8 Å². The summed E-state index contributed by atoms with van der Waals surface area (Å²) in [6, 6.07) is 8.46. The topological polar surface area (TPSA) is 99.4 Å². The van der Waals surface area contributed by atoms with E-state index in [1.165, 1.54) is 18.4 Å². The zero-order chi connectivity index (χ0) is 31.9. The van der Waals surface area contributed by atoms with E-state index in [0.717, 1.165) is 23.1 Å². The molecule has 0 saturated heterocycles. The molecule has 2 aromatic carbocycles. The Morgan fingerprint density at radius 3 is 2.26 bits per heavy atom. The van der Waals surface area contributed by atoms with Crippen LogP contribution >= 0.6 is 11.3 Å². The van der Waals surface area contributed by atoms with Gasteiger partial charge in [-0.1, -0.05) is 71.9 Å². The highest BCUT2D eigenvalue weighted by Gasteiger charge is 2.36. The maximum absolute atomic E-state index is 14.3. The van der Waals surface area contributed by atoms with Gasteiger partial charge in [0.1, 0.15) is 11.8 Å². The average molecular weight is 607 g/mol.